The number of rotatable bonds is 5. The van der Waals surface area contributed by atoms with Gasteiger partial charge < -0.3 is 14.8 Å². The molecule has 5 heteroatoms. The molecule has 0 saturated carbocycles. The van der Waals surface area contributed by atoms with E-state index in [0.29, 0.717) is 22.2 Å². The Bertz CT molecular complexity index is 736. The summed E-state index contributed by atoms with van der Waals surface area (Å²) in [6.07, 6.45) is -0.663. The number of nitrogens with one attached hydrogen (secondary N) is 1. The average Bonchev–Trinajstić information content (AvgIpc) is 2.54. The van der Waals surface area contributed by atoms with Crippen LogP contribution in [0.25, 0.3) is 0 Å². The van der Waals surface area contributed by atoms with Crippen LogP contribution in [0.4, 0.5) is 5.69 Å². The fourth-order valence-electron chi connectivity index (χ4n) is 2.30. The molecular formula is C20H24ClNO3. The van der Waals surface area contributed by atoms with Crippen molar-refractivity contribution in [2.24, 2.45) is 0 Å². The fraction of sp³-hybridized carbons (Fsp3) is 0.350. The predicted molar refractivity (Wildman–Crippen MR) is 102 cm³/mol. The van der Waals surface area contributed by atoms with Gasteiger partial charge in [0.25, 0.3) is 5.91 Å². The topological polar surface area (TPSA) is 47.6 Å². The molecule has 134 valence electrons. The van der Waals surface area contributed by atoms with Crippen molar-refractivity contribution in [1.82, 2.24) is 0 Å². The molecule has 1 N–H and O–H groups in total. The number of ether oxygens (including phenoxy) is 2. The zero-order valence-corrected chi connectivity index (χ0v) is 16.0. The minimum absolute atomic E-state index is 0.0741. The fourth-order valence-corrected chi connectivity index (χ4v) is 2.48. The molecule has 25 heavy (non-hydrogen) atoms. The Kier molecular flexibility index (Phi) is 5.96. The lowest BCUT2D eigenvalue weighted by Gasteiger charge is -2.20. The van der Waals surface area contributed by atoms with Crippen LogP contribution < -0.4 is 14.8 Å². The second-order valence-electron chi connectivity index (χ2n) is 6.87. The number of carbonyl (C=O) groups is 1. The van der Waals surface area contributed by atoms with E-state index in [0.717, 1.165) is 0 Å². The standard InChI is InChI=1S/C20H24ClNO3/c1-13(25-16-9-6-14(7-10-16)20(2,3)4)19(23)22-17-12-15(21)8-11-18(17)24-5/h6-13H,1-5H3,(H,22,23). The first-order valence-electron chi connectivity index (χ1n) is 8.12. The van der Waals surface area contributed by atoms with Crippen molar-refractivity contribution in [2.75, 3.05) is 12.4 Å². The molecule has 0 aromatic heterocycles. The summed E-state index contributed by atoms with van der Waals surface area (Å²) in [6, 6.07) is 12.8. The number of amides is 1. The maximum atomic E-state index is 12.4. The van der Waals surface area contributed by atoms with Gasteiger partial charge in [0, 0.05) is 5.02 Å². The van der Waals surface area contributed by atoms with E-state index in [2.05, 4.69) is 26.1 Å². The Morgan fingerprint density at radius 1 is 1.12 bits per heavy atom. The van der Waals surface area contributed by atoms with Gasteiger partial charge >= 0.3 is 0 Å². The highest BCUT2D eigenvalue weighted by atomic mass is 35.5. The van der Waals surface area contributed by atoms with Crippen LogP contribution in [-0.2, 0) is 10.2 Å². The number of halogens is 1. The molecule has 2 rings (SSSR count). The highest BCUT2D eigenvalue weighted by Gasteiger charge is 2.18. The Morgan fingerprint density at radius 3 is 2.32 bits per heavy atom. The van der Waals surface area contributed by atoms with Crippen molar-refractivity contribution in [3.05, 3.63) is 53.1 Å². The van der Waals surface area contributed by atoms with Crippen molar-refractivity contribution >= 4 is 23.2 Å². The molecule has 0 spiro atoms. The van der Waals surface area contributed by atoms with E-state index in [1.807, 2.05) is 24.3 Å². The van der Waals surface area contributed by atoms with Crippen molar-refractivity contribution in [3.63, 3.8) is 0 Å². The Morgan fingerprint density at radius 2 is 1.76 bits per heavy atom. The van der Waals surface area contributed by atoms with Gasteiger partial charge in [0.2, 0.25) is 0 Å². The monoisotopic (exact) mass is 361 g/mol. The number of benzene rings is 2. The molecule has 0 aliphatic carbocycles. The third kappa shape index (κ3) is 5.13. The highest BCUT2D eigenvalue weighted by Crippen LogP contribution is 2.28. The summed E-state index contributed by atoms with van der Waals surface area (Å²) in [7, 11) is 1.54. The average molecular weight is 362 g/mol. The van der Waals surface area contributed by atoms with Gasteiger partial charge in [-0.3, -0.25) is 4.79 Å². The maximum Gasteiger partial charge on any atom is 0.265 e. The van der Waals surface area contributed by atoms with Crippen molar-refractivity contribution in [1.29, 1.82) is 0 Å². The van der Waals surface area contributed by atoms with Crippen LogP contribution in [0.1, 0.15) is 33.3 Å². The molecular weight excluding hydrogens is 338 g/mol. The minimum Gasteiger partial charge on any atom is -0.495 e. The lowest BCUT2D eigenvalue weighted by Crippen LogP contribution is -2.30. The van der Waals surface area contributed by atoms with Crippen molar-refractivity contribution < 1.29 is 14.3 Å². The van der Waals surface area contributed by atoms with Crippen LogP contribution in [0.3, 0.4) is 0 Å². The van der Waals surface area contributed by atoms with Gasteiger partial charge in [-0.25, -0.2) is 0 Å². The van der Waals surface area contributed by atoms with E-state index in [1.54, 1.807) is 25.1 Å². The molecule has 0 fully saturated rings. The molecule has 2 aromatic carbocycles. The van der Waals surface area contributed by atoms with E-state index in [9.17, 15) is 4.79 Å². The SMILES string of the molecule is COc1ccc(Cl)cc1NC(=O)C(C)Oc1ccc(C(C)(C)C)cc1. The molecule has 0 aliphatic heterocycles. The summed E-state index contributed by atoms with van der Waals surface area (Å²) in [5, 5.41) is 3.30. The van der Waals surface area contributed by atoms with E-state index in [1.165, 1.54) is 12.7 Å². The number of hydrogen-bond donors (Lipinski definition) is 1. The quantitative estimate of drug-likeness (QED) is 0.810. The molecule has 0 radical (unpaired) electrons. The summed E-state index contributed by atoms with van der Waals surface area (Å²) < 4.78 is 11.0. The molecule has 1 atom stereocenters. The summed E-state index contributed by atoms with van der Waals surface area (Å²) >= 11 is 5.98. The van der Waals surface area contributed by atoms with Gasteiger partial charge in [-0.1, -0.05) is 44.5 Å². The van der Waals surface area contributed by atoms with Crippen LogP contribution in [0, 0.1) is 0 Å². The highest BCUT2D eigenvalue weighted by molar-refractivity contribution is 6.31. The lowest BCUT2D eigenvalue weighted by atomic mass is 9.87. The van der Waals surface area contributed by atoms with Crippen LogP contribution in [-0.4, -0.2) is 19.1 Å². The Balaban J connectivity index is 2.04. The predicted octanol–water partition coefficient (Wildman–Crippen LogP) is 5.05. The smallest absolute Gasteiger partial charge is 0.265 e. The third-order valence-corrected chi connectivity index (χ3v) is 4.06. The molecule has 1 amide bonds. The second-order valence-corrected chi connectivity index (χ2v) is 7.30. The van der Waals surface area contributed by atoms with Gasteiger partial charge in [-0.05, 0) is 48.2 Å². The van der Waals surface area contributed by atoms with Crippen molar-refractivity contribution in [3.8, 4) is 11.5 Å². The van der Waals surface area contributed by atoms with Gasteiger partial charge in [0.1, 0.15) is 11.5 Å². The molecule has 1 unspecified atom stereocenters. The molecule has 2 aromatic rings. The van der Waals surface area contributed by atoms with Gasteiger partial charge in [0.05, 0.1) is 12.8 Å². The van der Waals surface area contributed by atoms with E-state index in [4.69, 9.17) is 21.1 Å². The second kappa shape index (κ2) is 7.79. The maximum absolute atomic E-state index is 12.4. The first-order valence-corrected chi connectivity index (χ1v) is 8.50. The summed E-state index contributed by atoms with van der Waals surface area (Å²) in [6.45, 7) is 8.15. The van der Waals surface area contributed by atoms with Crippen LogP contribution >= 0.6 is 11.6 Å². The third-order valence-electron chi connectivity index (χ3n) is 3.82. The summed E-state index contributed by atoms with van der Waals surface area (Å²) in [4.78, 5) is 12.4. The van der Waals surface area contributed by atoms with Crippen molar-refractivity contribution in [2.45, 2.75) is 39.2 Å². The first-order chi connectivity index (χ1) is 11.7. The van der Waals surface area contributed by atoms with E-state index >= 15 is 0 Å². The lowest BCUT2D eigenvalue weighted by molar-refractivity contribution is -0.122. The summed E-state index contributed by atoms with van der Waals surface area (Å²) in [5.74, 6) is 0.911. The Labute approximate surface area is 154 Å². The number of carbonyl (C=O) groups excluding carboxylic acids is 1. The van der Waals surface area contributed by atoms with E-state index in [-0.39, 0.29) is 11.3 Å². The zero-order valence-electron chi connectivity index (χ0n) is 15.2. The molecule has 0 heterocycles. The van der Waals surface area contributed by atoms with Crippen LogP contribution in [0.15, 0.2) is 42.5 Å². The molecule has 4 nitrogen and oxygen atoms in total. The molecule has 0 saturated heterocycles. The Hall–Kier alpha value is -2.20. The van der Waals surface area contributed by atoms with Crippen LogP contribution in [0.2, 0.25) is 5.02 Å². The largest absolute Gasteiger partial charge is 0.495 e. The zero-order chi connectivity index (χ0) is 18.6. The normalized spacial score (nSPS) is 12.4. The minimum atomic E-state index is -0.663. The molecule has 0 bridgehead atoms. The molecule has 0 aliphatic rings. The van der Waals surface area contributed by atoms with Crippen LogP contribution in [0.5, 0.6) is 11.5 Å². The van der Waals surface area contributed by atoms with E-state index < -0.39 is 6.10 Å². The number of hydrogen-bond acceptors (Lipinski definition) is 3. The number of anilines is 1. The van der Waals surface area contributed by atoms with Gasteiger partial charge in [-0.15, -0.1) is 0 Å². The van der Waals surface area contributed by atoms with Gasteiger partial charge in [-0.2, -0.15) is 0 Å². The first kappa shape index (κ1) is 19.1. The van der Waals surface area contributed by atoms with Gasteiger partial charge in [0.15, 0.2) is 6.10 Å². The summed E-state index contributed by atoms with van der Waals surface area (Å²) in [5.41, 5.74) is 1.80. The number of methoxy groups -OCH3 is 1.